The third kappa shape index (κ3) is 4.91. The summed E-state index contributed by atoms with van der Waals surface area (Å²) in [7, 11) is 0. The van der Waals surface area contributed by atoms with Gasteiger partial charge in [-0.15, -0.1) is 0 Å². The maximum atomic E-state index is 4.86. The fourth-order valence-electron chi connectivity index (χ4n) is 7.00. The largest absolute Gasteiger partial charge is 0.339 e. The molecule has 0 saturated heterocycles. The van der Waals surface area contributed by atoms with Gasteiger partial charge in [0.15, 0.2) is 0 Å². The lowest BCUT2D eigenvalue weighted by molar-refractivity contribution is 0.559. The van der Waals surface area contributed by atoms with Crippen LogP contribution in [-0.4, -0.2) is 29.1 Å². The number of fused-ring (bicyclic) bond motifs is 6. The van der Waals surface area contributed by atoms with Crippen LogP contribution in [0.15, 0.2) is 110 Å². The molecule has 2 aromatic carbocycles. The molecule has 8 aromatic rings. The number of pyridine rings is 4. The van der Waals surface area contributed by atoms with E-state index >= 15 is 0 Å². The lowest BCUT2D eigenvalue weighted by Crippen LogP contribution is -2.02. The van der Waals surface area contributed by atoms with Gasteiger partial charge in [-0.1, -0.05) is 49.2 Å². The van der Waals surface area contributed by atoms with E-state index in [4.69, 9.17) is 9.97 Å². The summed E-state index contributed by atoms with van der Waals surface area (Å²) in [6, 6.07) is 30.2. The Morgan fingerprint density at radius 2 is 0.913 bits per heavy atom. The van der Waals surface area contributed by atoms with Crippen LogP contribution in [0, 0.1) is 13.8 Å². The van der Waals surface area contributed by atoms with Crippen LogP contribution >= 0.6 is 0 Å². The Morgan fingerprint density at radius 1 is 0.457 bits per heavy atom. The fraction of sp³-hybridized carbons (Fsp3) is 0.200. The van der Waals surface area contributed by atoms with Crippen LogP contribution in [0.1, 0.15) is 37.1 Å². The van der Waals surface area contributed by atoms with Gasteiger partial charge >= 0.3 is 0 Å². The number of aromatic nitrogens is 6. The number of rotatable bonds is 9. The van der Waals surface area contributed by atoms with Crippen LogP contribution in [0.5, 0.6) is 0 Å². The molecule has 0 bridgehead atoms. The molecule has 226 valence electrons. The van der Waals surface area contributed by atoms with Gasteiger partial charge in [-0.05, 0) is 75.2 Å². The third-order valence-electron chi connectivity index (χ3n) is 9.24. The molecule has 0 aliphatic heterocycles. The average Bonchev–Trinajstić information content (AvgIpc) is 3.60. The number of benzene rings is 2. The molecule has 0 radical (unpaired) electrons. The van der Waals surface area contributed by atoms with Gasteiger partial charge in [0.2, 0.25) is 0 Å². The van der Waals surface area contributed by atoms with Gasteiger partial charge in [0.1, 0.15) is 0 Å². The van der Waals surface area contributed by atoms with E-state index in [2.05, 4.69) is 104 Å². The molecule has 6 heterocycles. The molecule has 0 amide bonds. The molecule has 0 aliphatic rings. The summed E-state index contributed by atoms with van der Waals surface area (Å²) in [4.78, 5) is 18.9. The average molecular weight is 601 g/mol. The minimum atomic E-state index is 0.950. The second-order valence-corrected chi connectivity index (χ2v) is 12.2. The molecule has 8 rings (SSSR count). The summed E-state index contributed by atoms with van der Waals surface area (Å²) in [5.74, 6) is 0. The minimum Gasteiger partial charge on any atom is -0.339 e. The first-order valence-corrected chi connectivity index (χ1v) is 16.3. The number of nitrogens with zero attached hydrogens (tertiary/aromatic N) is 6. The fourth-order valence-corrected chi connectivity index (χ4v) is 7.00. The van der Waals surface area contributed by atoms with Gasteiger partial charge in [-0.25, -0.2) is 0 Å². The molecular weight excluding hydrogens is 564 g/mol. The van der Waals surface area contributed by atoms with E-state index in [1.165, 1.54) is 43.6 Å². The Labute approximate surface area is 268 Å². The van der Waals surface area contributed by atoms with Crippen molar-refractivity contribution in [2.75, 3.05) is 0 Å². The Morgan fingerprint density at radius 3 is 1.35 bits per heavy atom. The van der Waals surface area contributed by atoms with Crippen molar-refractivity contribution in [2.24, 2.45) is 0 Å². The summed E-state index contributed by atoms with van der Waals surface area (Å²) < 4.78 is 4.96. The van der Waals surface area contributed by atoms with E-state index in [9.17, 15) is 0 Å². The van der Waals surface area contributed by atoms with E-state index < -0.39 is 0 Å². The maximum Gasteiger partial charge on any atom is 0.0960 e. The van der Waals surface area contributed by atoms with Crippen molar-refractivity contribution in [2.45, 2.75) is 52.6 Å². The van der Waals surface area contributed by atoms with Crippen LogP contribution in [0.4, 0.5) is 0 Å². The molecule has 0 aliphatic carbocycles. The van der Waals surface area contributed by atoms with Gasteiger partial charge in [-0.2, -0.15) is 0 Å². The summed E-state index contributed by atoms with van der Waals surface area (Å²) in [5.41, 5.74) is 11.1. The highest BCUT2D eigenvalue weighted by Gasteiger charge is 2.17. The SMILES string of the molecule is Cc1ccc(-c2nccc3c4ccccc4n(CCCCCCn4c5ccccc5c5ccnc(-c6ccc(C)nc6)c54)c23)cn1. The first-order chi connectivity index (χ1) is 22.7. The Bertz CT molecular complexity index is 2160. The van der Waals surface area contributed by atoms with Crippen molar-refractivity contribution >= 4 is 43.6 Å². The molecule has 6 heteroatoms. The van der Waals surface area contributed by atoms with E-state index in [0.29, 0.717) is 0 Å². The third-order valence-corrected chi connectivity index (χ3v) is 9.24. The van der Waals surface area contributed by atoms with Crippen molar-refractivity contribution in [3.8, 4) is 22.5 Å². The number of aryl methyl sites for hydroxylation is 4. The zero-order chi connectivity index (χ0) is 31.0. The molecule has 0 spiro atoms. The van der Waals surface area contributed by atoms with Crippen molar-refractivity contribution in [3.63, 3.8) is 0 Å². The van der Waals surface area contributed by atoms with Crippen LogP contribution in [0.2, 0.25) is 0 Å². The topological polar surface area (TPSA) is 61.4 Å². The van der Waals surface area contributed by atoms with Gasteiger partial charge in [0.25, 0.3) is 0 Å². The highest BCUT2D eigenvalue weighted by atomic mass is 15.0. The van der Waals surface area contributed by atoms with Crippen molar-refractivity contribution in [1.29, 1.82) is 0 Å². The molecule has 6 nitrogen and oxygen atoms in total. The first-order valence-electron chi connectivity index (χ1n) is 16.3. The van der Waals surface area contributed by atoms with E-state index in [1.54, 1.807) is 0 Å². The van der Waals surface area contributed by atoms with Crippen molar-refractivity contribution in [3.05, 3.63) is 121 Å². The first kappa shape index (κ1) is 28.1. The summed E-state index contributed by atoms with van der Waals surface area (Å²) in [6.45, 7) is 5.94. The van der Waals surface area contributed by atoms with Crippen LogP contribution in [-0.2, 0) is 13.1 Å². The van der Waals surface area contributed by atoms with Crippen LogP contribution in [0.25, 0.3) is 66.1 Å². The summed E-state index contributed by atoms with van der Waals surface area (Å²) >= 11 is 0. The summed E-state index contributed by atoms with van der Waals surface area (Å²) in [5, 5.41) is 5.06. The van der Waals surface area contributed by atoms with Gasteiger partial charge in [0.05, 0.1) is 22.4 Å². The lowest BCUT2D eigenvalue weighted by atomic mass is 10.1. The second-order valence-electron chi connectivity index (χ2n) is 12.2. The second kappa shape index (κ2) is 11.9. The van der Waals surface area contributed by atoms with Crippen molar-refractivity contribution in [1.82, 2.24) is 29.1 Å². The monoisotopic (exact) mass is 600 g/mol. The molecule has 0 saturated carbocycles. The molecule has 0 unspecified atom stereocenters. The lowest BCUT2D eigenvalue weighted by Gasteiger charge is -2.12. The number of unbranched alkanes of at least 4 members (excludes halogenated alkanes) is 3. The zero-order valence-electron chi connectivity index (χ0n) is 26.3. The van der Waals surface area contributed by atoms with Gasteiger partial charge in [-0.3, -0.25) is 19.9 Å². The molecular formula is C40H36N6. The quantitative estimate of drug-likeness (QED) is 0.155. The van der Waals surface area contributed by atoms with Crippen LogP contribution in [0.3, 0.4) is 0 Å². The Balaban J connectivity index is 1.04. The molecule has 0 atom stereocenters. The van der Waals surface area contributed by atoms with Gasteiger partial charge in [0, 0.05) is 93.0 Å². The van der Waals surface area contributed by atoms with E-state index in [-0.39, 0.29) is 0 Å². The molecule has 0 fully saturated rings. The number of para-hydroxylation sites is 2. The molecule has 46 heavy (non-hydrogen) atoms. The summed E-state index contributed by atoms with van der Waals surface area (Å²) in [6.07, 6.45) is 12.3. The predicted octanol–water partition coefficient (Wildman–Crippen LogP) is 9.69. The minimum absolute atomic E-state index is 0.950. The Kier molecular flexibility index (Phi) is 7.25. The predicted molar refractivity (Wildman–Crippen MR) is 189 cm³/mol. The maximum absolute atomic E-state index is 4.86. The van der Waals surface area contributed by atoms with Crippen molar-refractivity contribution < 1.29 is 0 Å². The normalized spacial score (nSPS) is 11.8. The van der Waals surface area contributed by atoms with E-state index in [1.807, 2.05) is 38.6 Å². The zero-order valence-corrected chi connectivity index (χ0v) is 26.3. The smallest absolute Gasteiger partial charge is 0.0960 e. The molecule has 0 N–H and O–H groups in total. The highest BCUT2D eigenvalue weighted by Crippen LogP contribution is 2.36. The van der Waals surface area contributed by atoms with Gasteiger partial charge < -0.3 is 9.13 Å². The standard InChI is InChI=1S/C40H36N6/c1-27-15-17-29(25-43-27)37-39-33(19-21-41-37)31-11-5-7-13-35(31)45(39)23-9-3-4-10-24-46-36-14-8-6-12-32(36)34-20-22-42-38(40(34)46)30-18-16-28(2)44-26-30/h5-8,11-22,25-26H,3-4,9-10,23-24H2,1-2H3. The molecule has 6 aromatic heterocycles. The highest BCUT2D eigenvalue weighted by molar-refractivity contribution is 6.12. The van der Waals surface area contributed by atoms with Crippen LogP contribution < -0.4 is 0 Å². The number of hydrogen-bond acceptors (Lipinski definition) is 4. The van der Waals surface area contributed by atoms with E-state index in [0.717, 1.165) is 72.7 Å². The number of hydrogen-bond donors (Lipinski definition) is 0. The Hall–Kier alpha value is -5.36.